The van der Waals surface area contributed by atoms with Crippen LogP contribution in [0.25, 0.3) is 0 Å². The first-order chi connectivity index (χ1) is 6.57. The molecule has 0 saturated carbocycles. The zero-order chi connectivity index (χ0) is 10.2. The molecule has 82 valence electrons. The van der Waals surface area contributed by atoms with E-state index in [1.807, 2.05) is 0 Å². The Balaban J connectivity index is 1.91. The summed E-state index contributed by atoms with van der Waals surface area (Å²) < 4.78 is 22.6. The van der Waals surface area contributed by atoms with Crippen LogP contribution in [-0.2, 0) is 9.84 Å². The molecule has 3 nitrogen and oxygen atoms in total. The molecule has 0 amide bonds. The van der Waals surface area contributed by atoms with Gasteiger partial charge in [-0.05, 0) is 38.3 Å². The summed E-state index contributed by atoms with van der Waals surface area (Å²) in [6.07, 6.45) is 3.32. The smallest absolute Gasteiger partial charge is 0.151 e. The van der Waals surface area contributed by atoms with Crippen LogP contribution < -0.4 is 0 Å². The summed E-state index contributed by atoms with van der Waals surface area (Å²) >= 11 is 0. The second-order valence-electron chi connectivity index (χ2n) is 4.78. The highest BCUT2D eigenvalue weighted by Gasteiger charge is 2.33. The van der Waals surface area contributed by atoms with E-state index in [9.17, 15) is 8.42 Å². The maximum atomic E-state index is 11.3. The van der Waals surface area contributed by atoms with Gasteiger partial charge in [-0.25, -0.2) is 8.42 Å². The van der Waals surface area contributed by atoms with Gasteiger partial charge in [0.2, 0.25) is 0 Å². The van der Waals surface area contributed by atoms with Gasteiger partial charge in [-0.1, -0.05) is 6.92 Å². The lowest BCUT2D eigenvalue weighted by atomic mass is 9.98. The highest BCUT2D eigenvalue weighted by molar-refractivity contribution is 7.91. The maximum Gasteiger partial charge on any atom is 0.151 e. The van der Waals surface area contributed by atoms with Crippen LogP contribution in [-0.4, -0.2) is 44.0 Å². The second kappa shape index (κ2) is 3.81. The molecule has 0 N–H and O–H groups in total. The summed E-state index contributed by atoms with van der Waals surface area (Å²) in [6, 6.07) is 0.326. The molecule has 1 atom stereocenters. The van der Waals surface area contributed by atoms with E-state index in [2.05, 4.69) is 11.8 Å². The lowest BCUT2D eigenvalue weighted by Gasteiger charge is -2.34. The molecular weight excluding hydrogens is 198 g/mol. The van der Waals surface area contributed by atoms with Gasteiger partial charge in [-0.3, -0.25) is 4.90 Å². The Hall–Kier alpha value is -0.0900. The molecule has 2 fully saturated rings. The summed E-state index contributed by atoms with van der Waals surface area (Å²) in [7, 11) is -2.70. The Bertz CT molecular complexity index is 291. The standard InChI is InChI=1S/C10H19NO2S/c1-9-2-5-11(6-3-9)10-4-7-14(12,13)8-10/h9-10H,2-8H2,1H3/t10-/m0/s1. The van der Waals surface area contributed by atoms with Gasteiger partial charge in [0.25, 0.3) is 0 Å². The molecule has 2 aliphatic rings. The van der Waals surface area contributed by atoms with Crippen LogP contribution in [0.3, 0.4) is 0 Å². The molecule has 0 aliphatic carbocycles. The highest BCUT2D eigenvalue weighted by atomic mass is 32.2. The molecule has 0 radical (unpaired) electrons. The van der Waals surface area contributed by atoms with Crippen LogP contribution in [0.1, 0.15) is 26.2 Å². The molecule has 2 aliphatic heterocycles. The summed E-state index contributed by atoms with van der Waals surface area (Å²) in [5.41, 5.74) is 0. The van der Waals surface area contributed by atoms with Gasteiger partial charge in [-0.15, -0.1) is 0 Å². The first-order valence-corrected chi connectivity index (χ1v) is 7.33. The van der Waals surface area contributed by atoms with Crippen molar-refractivity contribution in [2.75, 3.05) is 24.6 Å². The summed E-state index contributed by atoms with van der Waals surface area (Å²) in [4.78, 5) is 2.38. The number of rotatable bonds is 1. The van der Waals surface area contributed by atoms with Crippen LogP contribution in [0.4, 0.5) is 0 Å². The minimum Gasteiger partial charge on any atom is -0.299 e. The van der Waals surface area contributed by atoms with Crippen molar-refractivity contribution in [3.63, 3.8) is 0 Å². The second-order valence-corrected chi connectivity index (χ2v) is 7.00. The van der Waals surface area contributed by atoms with Crippen molar-refractivity contribution < 1.29 is 8.42 Å². The van der Waals surface area contributed by atoms with E-state index >= 15 is 0 Å². The molecule has 0 aromatic rings. The van der Waals surface area contributed by atoms with Crippen molar-refractivity contribution in [1.29, 1.82) is 0 Å². The lowest BCUT2D eigenvalue weighted by Crippen LogP contribution is -2.41. The molecule has 2 saturated heterocycles. The fraction of sp³-hybridized carbons (Fsp3) is 1.00. The predicted molar refractivity (Wildman–Crippen MR) is 57.0 cm³/mol. The van der Waals surface area contributed by atoms with Gasteiger partial charge >= 0.3 is 0 Å². The van der Waals surface area contributed by atoms with Crippen LogP contribution in [0.15, 0.2) is 0 Å². The average molecular weight is 217 g/mol. The van der Waals surface area contributed by atoms with Crippen molar-refractivity contribution in [3.8, 4) is 0 Å². The minimum atomic E-state index is -2.70. The third kappa shape index (κ3) is 2.28. The largest absolute Gasteiger partial charge is 0.299 e. The highest BCUT2D eigenvalue weighted by Crippen LogP contribution is 2.23. The van der Waals surface area contributed by atoms with E-state index in [4.69, 9.17) is 0 Å². The summed E-state index contributed by atoms with van der Waals surface area (Å²) in [5, 5.41) is 0. The number of sulfone groups is 1. The first kappa shape index (κ1) is 10.4. The molecule has 0 aromatic carbocycles. The molecule has 2 heterocycles. The topological polar surface area (TPSA) is 37.4 Å². The minimum absolute atomic E-state index is 0.326. The van der Waals surface area contributed by atoms with Crippen molar-refractivity contribution in [2.24, 2.45) is 5.92 Å². The molecule has 0 aromatic heterocycles. The quantitative estimate of drug-likeness (QED) is 0.655. The van der Waals surface area contributed by atoms with Gasteiger partial charge in [-0.2, -0.15) is 0 Å². The Morgan fingerprint density at radius 2 is 1.79 bits per heavy atom. The van der Waals surface area contributed by atoms with E-state index in [1.54, 1.807) is 0 Å². The number of nitrogens with zero attached hydrogens (tertiary/aromatic N) is 1. The number of likely N-dealkylation sites (tertiary alicyclic amines) is 1. The van der Waals surface area contributed by atoms with Crippen LogP contribution in [0.5, 0.6) is 0 Å². The number of piperidine rings is 1. The number of hydrogen-bond donors (Lipinski definition) is 0. The Labute approximate surface area is 86.4 Å². The molecule has 0 spiro atoms. The van der Waals surface area contributed by atoms with E-state index < -0.39 is 9.84 Å². The van der Waals surface area contributed by atoms with Crippen molar-refractivity contribution in [3.05, 3.63) is 0 Å². The molecule has 4 heteroatoms. The summed E-state index contributed by atoms with van der Waals surface area (Å²) in [6.45, 7) is 4.48. The molecule has 2 rings (SSSR count). The Morgan fingerprint density at radius 1 is 1.14 bits per heavy atom. The van der Waals surface area contributed by atoms with Gasteiger partial charge in [0.15, 0.2) is 9.84 Å². The summed E-state index contributed by atoms with van der Waals surface area (Å²) in [5.74, 6) is 1.63. The Morgan fingerprint density at radius 3 is 2.29 bits per heavy atom. The monoisotopic (exact) mass is 217 g/mol. The first-order valence-electron chi connectivity index (χ1n) is 5.51. The van der Waals surface area contributed by atoms with Gasteiger partial charge in [0.05, 0.1) is 11.5 Å². The van der Waals surface area contributed by atoms with E-state index in [0.29, 0.717) is 17.5 Å². The van der Waals surface area contributed by atoms with E-state index in [-0.39, 0.29) is 0 Å². The fourth-order valence-electron chi connectivity index (χ4n) is 2.46. The SMILES string of the molecule is CC1CCN([C@H]2CCS(=O)(=O)C2)CC1. The van der Waals surface area contributed by atoms with Crippen LogP contribution in [0, 0.1) is 5.92 Å². The zero-order valence-corrected chi connectivity index (χ0v) is 9.59. The zero-order valence-electron chi connectivity index (χ0n) is 8.78. The third-order valence-corrected chi connectivity index (χ3v) is 5.29. The van der Waals surface area contributed by atoms with Crippen LogP contribution >= 0.6 is 0 Å². The van der Waals surface area contributed by atoms with E-state index in [1.165, 1.54) is 12.8 Å². The van der Waals surface area contributed by atoms with Crippen LogP contribution in [0.2, 0.25) is 0 Å². The maximum absolute atomic E-state index is 11.3. The molecule has 0 unspecified atom stereocenters. The van der Waals surface area contributed by atoms with Crippen molar-refractivity contribution in [1.82, 2.24) is 4.90 Å². The van der Waals surface area contributed by atoms with Gasteiger partial charge < -0.3 is 0 Å². The van der Waals surface area contributed by atoms with E-state index in [0.717, 1.165) is 25.4 Å². The Kier molecular flexibility index (Phi) is 2.84. The normalized spacial score (nSPS) is 34.8. The lowest BCUT2D eigenvalue weighted by molar-refractivity contribution is 0.149. The van der Waals surface area contributed by atoms with Gasteiger partial charge in [0.1, 0.15) is 0 Å². The predicted octanol–water partition coefficient (Wildman–Crippen LogP) is 0.905. The fourth-order valence-corrected chi connectivity index (χ4v) is 4.22. The average Bonchev–Trinajstić information content (AvgIpc) is 2.47. The molecule has 0 bridgehead atoms. The molecular formula is C10H19NO2S. The number of hydrogen-bond acceptors (Lipinski definition) is 3. The van der Waals surface area contributed by atoms with Gasteiger partial charge in [0, 0.05) is 6.04 Å². The third-order valence-electron chi connectivity index (χ3n) is 3.54. The van der Waals surface area contributed by atoms with Crippen molar-refractivity contribution >= 4 is 9.84 Å². The van der Waals surface area contributed by atoms with Crippen molar-refractivity contribution in [2.45, 2.75) is 32.2 Å². The molecule has 14 heavy (non-hydrogen) atoms.